The Morgan fingerprint density at radius 1 is 0.923 bits per heavy atom. The van der Waals surface area contributed by atoms with E-state index < -0.39 is 0 Å². The van der Waals surface area contributed by atoms with E-state index in [1.165, 1.54) is 0 Å². The molecule has 0 aliphatic heterocycles. The fourth-order valence-electron chi connectivity index (χ4n) is 0.842. The summed E-state index contributed by atoms with van der Waals surface area (Å²) in [5, 5.41) is 0. The van der Waals surface area contributed by atoms with Crippen molar-refractivity contribution in [3.63, 3.8) is 0 Å². The Morgan fingerprint density at radius 3 is 1.77 bits per heavy atom. The van der Waals surface area contributed by atoms with Gasteiger partial charge >= 0.3 is 0 Å². The van der Waals surface area contributed by atoms with Gasteiger partial charge in [0.05, 0.1) is 0 Å². The van der Waals surface area contributed by atoms with Crippen LogP contribution >= 0.6 is 0 Å². The zero-order valence-electron chi connectivity index (χ0n) is 9.29. The van der Waals surface area contributed by atoms with Crippen LogP contribution in [0.1, 0.15) is 34.6 Å². The van der Waals surface area contributed by atoms with E-state index in [0.29, 0.717) is 0 Å². The monoisotopic (exact) mass is 180 g/mol. The lowest BCUT2D eigenvalue weighted by Crippen LogP contribution is -2.22. The van der Waals surface area contributed by atoms with Crippen LogP contribution in [-0.2, 0) is 0 Å². The molecule has 1 heteroatoms. The molecule has 0 N–H and O–H groups in total. The van der Waals surface area contributed by atoms with E-state index >= 15 is 0 Å². The molecule has 1 aromatic rings. The van der Waals surface area contributed by atoms with Crippen molar-refractivity contribution < 1.29 is 4.74 Å². The highest BCUT2D eigenvalue weighted by Gasteiger charge is 2.10. The van der Waals surface area contributed by atoms with E-state index in [1.807, 2.05) is 65.0 Å². The van der Waals surface area contributed by atoms with Crippen LogP contribution < -0.4 is 4.74 Å². The van der Waals surface area contributed by atoms with Gasteiger partial charge in [-0.2, -0.15) is 0 Å². The third-order valence-electron chi connectivity index (χ3n) is 1.17. The molecular formula is C12H20O. The summed E-state index contributed by atoms with van der Waals surface area (Å²) in [6.07, 6.45) is 0. The van der Waals surface area contributed by atoms with Crippen molar-refractivity contribution in [1.29, 1.82) is 0 Å². The van der Waals surface area contributed by atoms with E-state index in [-0.39, 0.29) is 5.60 Å². The summed E-state index contributed by atoms with van der Waals surface area (Å²) in [4.78, 5) is 0. The number of ether oxygens (including phenoxy) is 1. The fraction of sp³-hybridized carbons (Fsp3) is 0.500. The minimum atomic E-state index is -0.0959. The number of hydrogen-bond donors (Lipinski definition) is 0. The lowest BCUT2D eigenvalue weighted by molar-refractivity contribution is 0.131. The van der Waals surface area contributed by atoms with Gasteiger partial charge in [0.25, 0.3) is 0 Å². The van der Waals surface area contributed by atoms with Gasteiger partial charge in [0.2, 0.25) is 0 Å². The van der Waals surface area contributed by atoms with Crippen molar-refractivity contribution in [1.82, 2.24) is 0 Å². The summed E-state index contributed by atoms with van der Waals surface area (Å²) >= 11 is 0. The Morgan fingerprint density at radius 2 is 1.38 bits per heavy atom. The molecule has 0 aliphatic carbocycles. The minimum absolute atomic E-state index is 0.0959. The SMILES string of the molecule is CC.CC(C)(C)Oc1ccccc1. The second-order valence-electron chi connectivity index (χ2n) is 3.53. The highest BCUT2D eigenvalue weighted by Crippen LogP contribution is 2.16. The predicted octanol–water partition coefficient (Wildman–Crippen LogP) is 3.89. The average molecular weight is 180 g/mol. The molecule has 0 saturated heterocycles. The number of benzene rings is 1. The first kappa shape index (κ1) is 12.0. The van der Waals surface area contributed by atoms with Gasteiger partial charge in [-0.25, -0.2) is 0 Å². The highest BCUT2D eigenvalue weighted by molar-refractivity contribution is 5.21. The first-order chi connectivity index (χ1) is 6.08. The molecule has 0 saturated carbocycles. The fourth-order valence-corrected chi connectivity index (χ4v) is 0.842. The molecule has 0 aliphatic rings. The van der Waals surface area contributed by atoms with Crippen LogP contribution in [0.5, 0.6) is 5.75 Å². The summed E-state index contributed by atoms with van der Waals surface area (Å²) in [5.41, 5.74) is -0.0959. The van der Waals surface area contributed by atoms with Crippen LogP contribution in [-0.4, -0.2) is 5.60 Å². The molecule has 0 heterocycles. The molecule has 0 fully saturated rings. The quantitative estimate of drug-likeness (QED) is 0.637. The first-order valence-electron chi connectivity index (χ1n) is 4.82. The van der Waals surface area contributed by atoms with Crippen molar-refractivity contribution >= 4 is 0 Å². The van der Waals surface area contributed by atoms with Crippen molar-refractivity contribution in [2.75, 3.05) is 0 Å². The predicted molar refractivity (Wildman–Crippen MR) is 58.2 cm³/mol. The van der Waals surface area contributed by atoms with Gasteiger partial charge < -0.3 is 4.74 Å². The molecular weight excluding hydrogens is 160 g/mol. The topological polar surface area (TPSA) is 9.23 Å². The zero-order valence-corrected chi connectivity index (χ0v) is 9.29. The van der Waals surface area contributed by atoms with Crippen molar-refractivity contribution in [2.45, 2.75) is 40.2 Å². The molecule has 0 aromatic heterocycles. The van der Waals surface area contributed by atoms with Crippen LogP contribution in [0.2, 0.25) is 0 Å². The van der Waals surface area contributed by atoms with Crippen LogP contribution in [0, 0.1) is 0 Å². The van der Waals surface area contributed by atoms with Gasteiger partial charge in [0, 0.05) is 0 Å². The van der Waals surface area contributed by atoms with Crippen LogP contribution in [0.3, 0.4) is 0 Å². The highest BCUT2D eigenvalue weighted by atomic mass is 16.5. The van der Waals surface area contributed by atoms with Gasteiger partial charge in [-0.1, -0.05) is 32.0 Å². The summed E-state index contributed by atoms with van der Waals surface area (Å²) in [6, 6.07) is 9.86. The van der Waals surface area contributed by atoms with Crippen LogP contribution in [0.15, 0.2) is 30.3 Å². The van der Waals surface area contributed by atoms with Gasteiger partial charge in [-0.05, 0) is 32.9 Å². The Bertz CT molecular complexity index is 208. The summed E-state index contributed by atoms with van der Waals surface area (Å²) in [5.74, 6) is 0.931. The third-order valence-corrected chi connectivity index (χ3v) is 1.17. The van der Waals surface area contributed by atoms with Crippen molar-refractivity contribution in [2.24, 2.45) is 0 Å². The van der Waals surface area contributed by atoms with Gasteiger partial charge in [-0.3, -0.25) is 0 Å². The number of hydrogen-bond acceptors (Lipinski definition) is 1. The lowest BCUT2D eigenvalue weighted by Gasteiger charge is -2.20. The Kier molecular flexibility index (Phi) is 5.20. The molecule has 0 amide bonds. The molecule has 0 spiro atoms. The van der Waals surface area contributed by atoms with E-state index in [0.717, 1.165) is 5.75 Å². The maximum Gasteiger partial charge on any atom is 0.120 e. The lowest BCUT2D eigenvalue weighted by atomic mass is 10.2. The smallest absolute Gasteiger partial charge is 0.120 e. The minimum Gasteiger partial charge on any atom is -0.488 e. The van der Waals surface area contributed by atoms with Crippen LogP contribution in [0.25, 0.3) is 0 Å². The normalized spacial score (nSPS) is 9.92. The van der Waals surface area contributed by atoms with E-state index in [4.69, 9.17) is 4.74 Å². The second kappa shape index (κ2) is 5.63. The van der Waals surface area contributed by atoms with E-state index in [9.17, 15) is 0 Å². The Balaban J connectivity index is 0.000000671. The van der Waals surface area contributed by atoms with Crippen molar-refractivity contribution in [3.8, 4) is 5.75 Å². The third kappa shape index (κ3) is 6.21. The standard InChI is InChI=1S/C10H14O.C2H6/c1-10(2,3)11-9-7-5-4-6-8-9;1-2/h4-8H,1-3H3;1-2H3. The molecule has 0 bridgehead atoms. The molecule has 1 nitrogen and oxygen atoms in total. The molecule has 0 atom stereocenters. The molecule has 1 rings (SSSR count). The van der Waals surface area contributed by atoms with Crippen LogP contribution in [0.4, 0.5) is 0 Å². The van der Waals surface area contributed by atoms with E-state index in [1.54, 1.807) is 0 Å². The van der Waals surface area contributed by atoms with Gasteiger partial charge in [0.1, 0.15) is 11.4 Å². The van der Waals surface area contributed by atoms with Gasteiger partial charge in [-0.15, -0.1) is 0 Å². The van der Waals surface area contributed by atoms with Crippen molar-refractivity contribution in [3.05, 3.63) is 30.3 Å². The summed E-state index contributed by atoms with van der Waals surface area (Å²) in [7, 11) is 0. The zero-order chi connectivity index (χ0) is 10.3. The molecule has 0 radical (unpaired) electrons. The van der Waals surface area contributed by atoms with Gasteiger partial charge in [0.15, 0.2) is 0 Å². The maximum atomic E-state index is 5.60. The molecule has 1 aromatic carbocycles. The maximum absolute atomic E-state index is 5.60. The molecule has 13 heavy (non-hydrogen) atoms. The largest absolute Gasteiger partial charge is 0.488 e. The molecule has 74 valence electrons. The summed E-state index contributed by atoms with van der Waals surface area (Å²) in [6.45, 7) is 10.1. The second-order valence-corrected chi connectivity index (χ2v) is 3.53. The summed E-state index contributed by atoms with van der Waals surface area (Å²) < 4.78 is 5.60. The average Bonchev–Trinajstić information content (AvgIpc) is 2.07. The Hall–Kier alpha value is -0.980. The number of rotatable bonds is 1. The first-order valence-corrected chi connectivity index (χ1v) is 4.82. The molecule has 0 unspecified atom stereocenters. The number of para-hydroxylation sites is 1. The Labute approximate surface area is 81.7 Å². The van der Waals surface area contributed by atoms with E-state index in [2.05, 4.69) is 0 Å².